The Labute approximate surface area is 259 Å². The minimum atomic E-state index is -1.26. The van der Waals surface area contributed by atoms with Gasteiger partial charge in [-0.2, -0.15) is 0 Å². The van der Waals surface area contributed by atoms with E-state index < -0.39 is 73.4 Å². The maximum absolute atomic E-state index is 10.1. The average molecular weight is 516 g/mol. The first kappa shape index (κ1) is 46.1. The van der Waals surface area contributed by atoms with Crippen molar-refractivity contribution in [2.24, 2.45) is 0 Å². The Morgan fingerprint density at radius 3 is 0.697 bits per heavy atom. The molecule has 0 aliphatic rings. The summed E-state index contributed by atoms with van der Waals surface area (Å²) in [6.45, 7) is 0. The minimum absolute atomic E-state index is 0. The Morgan fingerprint density at radius 2 is 0.667 bits per heavy atom. The molecule has 6 N–H and O–H groups in total. The average Bonchev–Trinajstić information content (AvgIpc) is 2.61. The van der Waals surface area contributed by atoms with E-state index in [2.05, 4.69) is 14.2 Å². The first-order valence-electron chi connectivity index (χ1n) is 7.65. The van der Waals surface area contributed by atoms with Crippen LogP contribution in [0, 0.1) is 0 Å². The second kappa shape index (κ2) is 27.9. The van der Waals surface area contributed by atoms with Crippen molar-refractivity contribution in [3.05, 3.63) is 0 Å². The van der Waals surface area contributed by atoms with Gasteiger partial charge in [0.1, 0.15) is 0 Å². The van der Waals surface area contributed by atoms with Crippen molar-refractivity contribution < 1.29 is 167 Å². The maximum atomic E-state index is 10.1. The van der Waals surface area contributed by atoms with Gasteiger partial charge in [-0.15, -0.1) is 0 Å². The van der Waals surface area contributed by atoms with Crippen molar-refractivity contribution in [1.82, 2.24) is 0 Å². The molecule has 0 aromatic heterocycles. The minimum Gasteiger partial charge on any atom is -1.00 e. The van der Waals surface area contributed by atoms with Gasteiger partial charge in [-0.1, -0.05) is 0 Å². The number of carboxylic acids is 6. The van der Waals surface area contributed by atoms with Crippen LogP contribution in [0.2, 0.25) is 0 Å². The summed E-state index contributed by atoms with van der Waals surface area (Å²) in [6, 6.07) is 0. The third-order valence-electron chi connectivity index (χ3n) is 2.76. The van der Waals surface area contributed by atoms with E-state index >= 15 is 0 Å². The molecule has 180 valence electrons. The number of rotatable bonds is 12. The van der Waals surface area contributed by atoms with Crippen LogP contribution in [0.1, 0.15) is 23.5 Å². The number of aliphatic carboxylic acids is 6. The Balaban J connectivity index is -0.0000000401. The fourth-order valence-electron chi connectivity index (χ4n) is 1.29. The number of carboxylic acid groups (broad SMARTS) is 6. The molecular weight excluding hydrogens is 489 g/mol. The van der Waals surface area contributed by atoms with Gasteiger partial charge < -0.3 is 49.1 Å². The van der Waals surface area contributed by atoms with E-state index in [4.69, 9.17) is 30.6 Å². The molecule has 0 aliphatic heterocycles. The van der Waals surface area contributed by atoms with Gasteiger partial charge in [-0.3, -0.25) is 14.4 Å². The quantitative estimate of drug-likeness (QED) is 0.132. The molecule has 0 saturated carbocycles. The van der Waals surface area contributed by atoms with Gasteiger partial charge in [0.15, 0.2) is 18.3 Å². The molecule has 18 heteroatoms. The van der Waals surface area contributed by atoms with Crippen LogP contribution in [0.4, 0.5) is 0 Å². The Hall–Kier alpha value is -0.300. The Kier molecular flexibility index (Phi) is 39.0. The number of hydrogen-bond acceptors (Lipinski definition) is 9. The van der Waals surface area contributed by atoms with Gasteiger partial charge in [-0.25, -0.2) is 14.4 Å². The van der Waals surface area contributed by atoms with Crippen LogP contribution >= 0.6 is 0 Å². The Bertz CT molecular complexity index is 533. The standard InChI is InChI=1S/3C5H8O5.3Na.3H/c3*1-10-3(5(8)9)2-4(6)7;;;;;;/h3*3H,2H2,1H3,(H,6,7)(H,8,9);;;;;;/q;;;3*+1;3*-1. The van der Waals surface area contributed by atoms with Crippen LogP contribution in [0.5, 0.6) is 0 Å². The Morgan fingerprint density at radius 1 is 0.515 bits per heavy atom. The van der Waals surface area contributed by atoms with E-state index in [1.807, 2.05) is 0 Å². The summed E-state index contributed by atoms with van der Waals surface area (Å²) >= 11 is 0. The summed E-state index contributed by atoms with van der Waals surface area (Å²) in [4.78, 5) is 60.0. The van der Waals surface area contributed by atoms with Crippen molar-refractivity contribution in [3.63, 3.8) is 0 Å². The smallest absolute Gasteiger partial charge is 1.00 e. The summed E-state index contributed by atoms with van der Waals surface area (Å²) in [6.07, 6.45) is -5.24. The van der Waals surface area contributed by atoms with Gasteiger partial charge >= 0.3 is 124 Å². The van der Waals surface area contributed by atoms with E-state index in [0.717, 1.165) is 21.3 Å². The van der Waals surface area contributed by atoms with Gasteiger partial charge in [0.05, 0.1) is 19.3 Å². The molecule has 0 heterocycles. The maximum Gasteiger partial charge on any atom is 1.00 e. The van der Waals surface area contributed by atoms with Gasteiger partial charge in [-0.05, 0) is 0 Å². The molecular formula is C15H27Na3O15. The summed E-state index contributed by atoms with van der Waals surface area (Å²) in [7, 11) is 3.46. The van der Waals surface area contributed by atoms with E-state index in [1.165, 1.54) is 0 Å². The second-order valence-electron chi connectivity index (χ2n) is 4.98. The fraction of sp³-hybridized carbons (Fsp3) is 0.600. The summed E-state index contributed by atoms with van der Waals surface area (Å²) in [5.74, 6) is -7.34. The topological polar surface area (TPSA) is 251 Å². The first-order valence-corrected chi connectivity index (χ1v) is 7.65. The van der Waals surface area contributed by atoms with E-state index in [1.54, 1.807) is 0 Å². The molecule has 33 heavy (non-hydrogen) atoms. The number of ether oxygens (including phenoxy) is 3. The van der Waals surface area contributed by atoms with Crippen molar-refractivity contribution in [2.45, 2.75) is 37.6 Å². The molecule has 0 aromatic carbocycles. The summed E-state index contributed by atoms with van der Waals surface area (Å²) < 4.78 is 13.0. The molecule has 0 amide bonds. The zero-order valence-corrected chi connectivity index (χ0v) is 25.2. The van der Waals surface area contributed by atoms with Gasteiger partial charge in [0.25, 0.3) is 0 Å². The molecule has 0 bridgehead atoms. The molecule has 0 fully saturated rings. The summed E-state index contributed by atoms with van der Waals surface area (Å²) in [5, 5.41) is 49.1. The largest absolute Gasteiger partial charge is 1.00 e. The molecule has 0 aromatic rings. The van der Waals surface area contributed by atoms with Crippen LogP contribution < -0.4 is 88.7 Å². The predicted octanol–water partition coefficient (Wildman–Crippen LogP) is -9.97. The molecule has 3 unspecified atom stereocenters. The van der Waals surface area contributed by atoms with Crippen LogP contribution in [0.3, 0.4) is 0 Å². The zero-order chi connectivity index (χ0) is 24.4. The monoisotopic (exact) mass is 516 g/mol. The molecule has 0 radical (unpaired) electrons. The van der Waals surface area contributed by atoms with Gasteiger partial charge in [0.2, 0.25) is 0 Å². The molecule has 0 rings (SSSR count). The van der Waals surface area contributed by atoms with Crippen LogP contribution in [0.15, 0.2) is 0 Å². The fourth-order valence-corrected chi connectivity index (χ4v) is 1.29. The van der Waals surface area contributed by atoms with E-state index in [0.29, 0.717) is 0 Å². The molecule has 0 aliphatic carbocycles. The van der Waals surface area contributed by atoms with Crippen molar-refractivity contribution in [3.8, 4) is 0 Å². The predicted molar refractivity (Wildman–Crippen MR) is 95.4 cm³/mol. The normalized spacial score (nSPS) is 11.4. The van der Waals surface area contributed by atoms with Crippen LogP contribution in [-0.4, -0.2) is 106 Å². The van der Waals surface area contributed by atoms with E-state index in [-0.39, 0.29) is 93.0 Å². The van der Waals surface area contributed by atoms with Crippen LogP contribution in [0.25, 0.3) is 0 Å². The van der Waals surface area contributed by atoms with Crippen molar-refractivity contribution >= 4 is 35.8 Å². The zero-order valence-electron chi connectivity index (χ0n) is 22.2. The number of hydrogen-bond donors (Lipinski definition) is 6. The van der Waals surface area contributed by atoms with Crippen molar-refractivity contribution in [2.75, 3.05) is 21.3 Å². The third kappa shape index (κ3) is 31.7. The number of methoxy groups -OCH3 is 3. The summed E-state index contributed by atoms with van der Waals surface area (Å²) in [5.41, 5.74) is 0. The molecule has 0 spiro atoms. The van der Waals surface area contributed by atoms with E-state index in [9.17, 15) is 28.8 Å². The number of carbonyl (C=O) groups is 6. The second-order valence-corrected chi connectivity index (χ2v) is 4.98. The van der Waals surface area contributed by atoms with Crippen LogP contribution in [-0.2, 0) is 43.0 Å². The SMILES string of the molecule is COC(CC(=O)O)C(=O)O.COC(CC(=O)O)C(=O)O.COC(CC(=O)O)C(=O)O.[H-].[H-].[H-].[Na+].[Na+].[Na+]. The van der Waals surface area contributed by atoms with Crippen molar-refractivity contribution in [1.29, 1.82) is 0 Å². The first-order chi connectivity index (χ1) is 13.7. The molecule has 0 saturated heterocycles. The van der Waals surface area contributed by atoms with Gasteiger partial charge in [0, 0.05) is 21.3 Å². The molecule has 3 atom stereocenters. The third-order valence-corrected chi connectivity index (χ3v) is 2.76. The molecule has 15 nitrogen and oxygen atoms in total.